The predicted molar refractivity (Wildman–Crippen MR) is 78.2 cm³/mol. The van der Waals surface area contributed by atoms with Gasteiger partial charge in [0.2, 0.25) is 0 Å². The lowest BCUT2D eigenvalue weighted by molar-refractivity contribution is -0.151. The number of nitrogens with zero attached hydrogens (tertiary/aromatic N) is 1. The number of esters is 1. The van der Waals surface area contributed by atoms with Crippen LogP contribution in [0.4, 0.5) is 0 Å². The van der Waals surface area contributed by atoms with E-state index in [2.05, 4.69) is 24.1 Å². The van der Waals surface area contributed by atoms with E-state index in [1.807, 2.05) is 20.8 Å². The SMILES string of the molecule is CCNC(C)(CN1CCC(C)(C)CC1)C(=O)OCC. The van der Waals surface area contributed by atoms with Crippen molar-refractivity contribution in [2.75, 3.05) is 32.8 Å². The highest BCUT2D eigenvalue weighted by Crippen LogP contribution is 2.30. The molecule has 1 unspecified atom stereocenters. The molecule has 1 atom stereocenters. The van der Waals surface area contributed by atoms with Crippen LogP contribution in [0.2, 0.25) is 0 Å². The molecule has 19 heavy (non-hydrogen) atoms. The Morgan fingerprint density at radius 3 is 2.37 bits per heavy atom. The molecule has 0 radical (unpaired) electrons. The second-order valence-electron chi connectivity index (χ2n) is 6.52. The van der Waals surface area contributed by atoms with Crippen molar-refractivity contribution < 1.29 is 9.53 Å². The molecule has 0 aliphatic carbocycles. The second-order valence-corrected chi connectivity index (χ2v) is 6.52. The van der Waals surface area contributed by atoms with E-state index in [0.29, 0.717) is 12.0 Å². The molecule has 1 saturated heterocycles. The van der Waals surface area contributed by atoms with Gasteiger partial charge in [-0.1, -0.05) is 20.8 Å². The molecule has 1 aliphatic rings. The Morgan fingerprint density at radius 1 is 1.32 bits per heavy atom. The van der Waals surface area contributed by atoms with Gasteiger partial charge in [0, 0.05) is 6.54 Å². The Balaban J connectivity index is 2.61. The lowest BCUT2D eigenvalue weighted by Crippen LogP contribution is -2.58. The average molecular weight is 270 g/mol. The normalized spacial score (nSPS) is 22.8. The zero-order valence-corrected chi connectivity index (χ0v) is 13.2. The molecule has 0 bridgehead atoms. The molecule has 0 aromatic heterocycles. The molecular weight excluding hydrogens is 240 g/mol. The van der Waals surface area contributed by atoms with Crippen LogP contribution in [-0.4, -0.2) is 49.2 Å². The van der Waals surface area contributed by atoms with Gasteiger partial charge in [0.25, 0.3) is 0 Å². The monoisotopic (exact) mass is 270 g/mol. The summed E-state index contributed by atoms with van der Waals surface area (Å²) in [6, 6.07) is 0. The molecule has 0 spiro atoms. The number of piperidine rings is 1. The van der Waals surface area contributed by atoms with Crippen molar-refractivity contribution in [2.24, 2.45) is 5.41 Å². The van der Waals surface area contributed by atoms with Crippen molar-refractivity contribution in [1.82, 2.24) is 10.2 Å². The summed E-state index contributed by atoms with van der Waals surface area (Å²) in [4.78, 5) is 14.5. The number of carbonyl (C=O) groups excluding carboxylic acids is 1. The third-order valence-corrected chi connectivity index (χ3v) is 4.04. The van der Waals surface area contributed by atoms with Crippen LogP contribution in [-0.2, 0) is 9.53 Å². The Morgan fingerprint density at radius 2 is 1.89 bits per heavy atom. The van der Waals surface area contributed by atoms with E-state index in [4.69, 9.17) is 4.74 Å². The maximum absolute atomic E-state index is 12.1. The fourth-order valence-corrected chi connectivity index (χ4v) is 2.64. The van der Waals surface area contributed by atoms with Gasteiger partial charge in [0.15, 0.2) is 0 Å². The lowest BCUT2D eigenvalue weighted by Gasteiger charge is -2.40. The zero-order chi connectivity index (χ0) is 14.5. The van der Waals surface area contributed by atoms with E-state index in [0.717, 1.165) is 26.2 Å². The lowest BCUT2D eigenvalue weighted by atomic mass is 9.82. The summed E-state index contributed by atoms with van der Waals surface area (Å²) in [7, 11) is 0. The number of hydrogen-bond donors (Lipinski definition) is 1. The smallest absolute Gasteiger partial charge is 0.327 e. The first-order chi connectivity index (χ1) is 8.83. The molecule has 1 rings (SSSR count). The Kier molecular flexibility index (Phi) is 5.81. The summed E-state index contributed by atoms with van der Waals surface area (Å²) in [6.07, 6.45) is 2.38. The fourth-order valence-electron chi connectivity index (χ4n) is 2.64. The van der Waals surface area contributed by atoms with Crippen LogP contribution in [0.25, 0.3) is 0 Å². The molecular formula is C15H30N2O2. The number of likely N-dealkylation sites (tertiary alicyclic amines) is 1. The maximum atomic E-state index is 12.1. The number of carbonyl (C=O) groups is 1. The second kappa shape index (κ2) is 6.71. The first kappa shape index (κ1) is 16.4. The third kappa shape index (κ3) is 4.77. The van der Waals surface area contributed by atoms with E-state index < -0.39 is 5.54 Å². The highest BCUT2D eigenvalue weighted by molar-refractivity contribution is 5.80. The van der Waals surface area contributed by atoms with Crippen LogP contribution in [0.15, 0.2) is 0 Å². The molecule has 112 valence electrons. The number of rotatable bonds is 6. The molecule has 0 amide bonds. The molecule has 1 aliphatic heterocycles. The van der Waals surface area contributed by atoms with Gasteiger partial charge in [-0.2, -0.15) is 0 Å². The van der Waals surface area contributed by atoms with E-state index in [9.17, 15) is 4.79 Å². The summed E-state index contributed by atoms with van der Waals surface area (Å²) in [5, 5.41) is 3.30. The summed E-state index contributed by atoms with van der Waals surface area (Å²) in [6.45, 7) is 14.5. The Hall–Kier alpha value is -0.610. The zero-order valence-electron chi connectivity index (χ0n) is 13.2. The summed E-state index contributed by atoms with van der Waals surface area (Å²) in [5.41, 5.74) is -0.152. The fraction of sp³-hybridized carbons (Fsp3) is 0.933. The number of nitrogens with one attached hydrogen (secondary N) is 1. The summed E-state index contributed by atoms with van der Waals surface area (Å²) >= 11 is 0. The molecule has 1 N–H and O–H groups in total. The number of likely N-dealkylation sites (N-methyl/N-ethyl adjacent to an activating group) is 1. The topological polar surface area (TPSA) is 41.6 Å². The minimum atomic E-state index is -0.591. The largest absolute Gasteiger partial charge is 0.465 e. The van der Waals surface area contributed by atoms with Gasteiger partial charge < -0.3 is 15.0 Å². The van der Waals surface area contributed by atoms with E-state index in [1.165, 1.54) is 12.8 Å². The molecule has 4 heteroatoms. The van der Waals surface area contributed by atoms with E-state index >= 15 is 0 Å². The van der Waals surface area contributed by atoms with Crippen molar-refractivity contribution in [2.45, 2.75) is 53.0 Å². The minimum absolute atomic E-state index is 0.137. The van der Waals surface area contributed by atoms with Crippen LogP contribution in [0, 0.1) is 5.41 Å². The van der Waals surface area contributed by atoms with Gasteiger partial charge in [0.1, 0.15) is 5.54 Å². The van der Waals surface area contributed by atoms with Gasteiger partial charge in [0.05, 0.1) is 6.61 Å². The van der Waals surface area contributed by atoms with Crippen molar-refractivity contribution in [1.29, 1.82) is 0 Å². The molecule has 4 nitrogen and oxygen atoms in total. The molecule has 0 aromatic rings. The number of ether oxygens (including phenoxy) is 1. The Labute approximate surface area is 117 Å². The first-order valence-electron chi connectivity index (χ1n) is 7.47. The molecule has 1 heterocycles. The van der Waals surface area contributed by atoms with Crippen LogP contribution in [0.5, 0.6) is 0 Å². The molecule has 1 fully saturated rings. The quantitative estimate of drug-likeness (QED) is 0.750. The first-order valence-corrected chi connectivity index (χ1v) is 7.47. The standard InChI is InChI=1S/C15H30N2O2/c1-6-16-15(5,13(18)19-7-2)12-17-10-8-14(3,4)9-11-17/h16H,6-12H2,1-5H3. The average Bonchev–Trinajstić information content (AvgIpc) is 2.33. The summed E-state index contributed by atoms with van der Waals surface area (Å²) in [5.74, 6) is -0.137. The van der Waals surface area contributed by atoms with Gasteiger partial charge in [-0.25, -0.2) is 0 Å². The van der Waals surface area contributed by atoms with Crippen molar-refractivity contribution in [3.8, 4) is 0 Å². The van der Waals surface area contributed by atoms with Crippen molar-refractivity contribution in [3.63, 3.8) is 0 Å². The summed E-state index contributed by atoms with van der Waals surface area (Å²) < 4.78 is 5.21. The highest BCUT2D eigenvalue weighted by Gasteiger charge is 2.37. The third-order valence-electron chi connectivity index (χ3n) is 4.04. The van der Waals surface area contributed by atoms with Crippen molar-refractivity contribution >= 4 is 5.97 Å². The van der Waals surface area contributed by atoms with Crippen LogP contribution in [0.3, 0.4) is 0 Å². The predicted octanol–water partition coefficient (Wildman–Crippen LogP) is 2.04. The maximum Gasteiger partial charge on any atom is 0.327 e. The number of hydrogen-bond acceptors (Lipinski definition) is 4. The van der Waals surface area contributed by atoms with Gasteiger partial charge in [-0.3, -0.25) is 4.79 Å². The van der Waals surface area contributed by atoms with Crippen LogP contribution in [0.1, 0.15) is 47.5 Å². The minimum Gasteiger partial charge on any atom is -0.465 e. The molecule has 0 saturated carbocycles. The highest BCUT2D eigenvalue weighted by atomic mass is 16.5. The van der Waals surface area contributed by atoms with Gasteiger partial charge in [-0.15, -0.1) is 0 Å². The van der Waals surface area contributed by atoms with E-state index in [-0.39, 0.29) is 5.97 Å². The van der Waals surface area contributed by atoms with Gasteiger partial charge in [-0.05, 0) is 51.7 Å². The van der Waals surface area contributed by atoms with Gasteiger partial charge >= 0.3 is 5.97 Å². The van der Waals surface area contributed by atoms with Crippen molar-refractivity contribution in [3.05, 3.63) is 0 Å². The van der Waals surface area contributed by atoms with Crippen LogP contribution < -0.4 is 5.32 Å². The van der Waals surface area contributed by atoms with Crippen LogP contribution >= 0.6 is 0 Å². The van der Waals surface area contributed by atoms with E-state index in [1.54, 1.807) is 0 Å². The molecule has 0 aromatic carbocycles. The Bertz CT molecular complexity index is 295.